The van der Waals surface area contributed by atoms with Crippen molar-refractivity contribution in [2.75, 3.05) is 0 Å². The van der Waals surface area contributed by atoms with Crippen molar-refractivity contribution in [3.63, 3.8) is 0 Å². The van der Waals surface area contributed by atoms with E-state index in [1.807, 2.05) is 6.07 Å². The molecule has 2 heteroatoms. The zero-order valence-corrected chi connectivity index (χ0v) is 10.4. The van der Waals surface area contributed by atoms with Crippen LogP contribution in [0.5, 0.6) is 0 Å². The molecule has 0 spiro atoms. The van der Waals surface area contributed by atoms with Gasteiger partial charge < -0.3 is 0 Å². The molecule has 1 aromatic carbocycles. The van der Waals surface area contributed by atoms with Gasteiger partial charge in [-0.05, 0) is 54.5 Å². The number of benzene rings is 1. The predicted molar refractivity (Wildman–Crippen MR) is 70.5 cm³/mol. The highest BCUT2D eigenvalue weighted by Crippen LogP contribution is 2.29. The van der Waals surface area contributed by atoms with Crippen LogP contribution in [0.15, 0.2) is 24.3 Å². The van der Waals surface area contributed by atoms with E-state index in [-0.39, 0.29) is 11.6 Å². The van der Waals surface area contributed by atoms with Gasteiger partial charge in [0, 0.05) is 18.4 Å². The first-order chi connectivity index (χ1) is 8.74. The Morgan fingerprint density at radius 3 is 2.56 bits per heavy atom. The van der Waals surface area contributed by atoms with Gasteiger partial charge in [-0.2, -0.15) is 0 Å². The Morgan fingerprint density at radius 2 is 1.72 bits per heavy atom. The molecule has 3 rings (SSSR count). The quantitative estimate of drug-likeness (QED) is 0.754. The summed E-state index contributed by atoms with van der Waals surface area (Å²) in [6.45, 7) is 0. The molecule has 0 radical (unpaired) electrons. The zero-order chi connectivity index (χ0) is 12.5. The number of carbonyl (C=O) groups is 2. The third kappa shape index (κ3) is 2.03. The minimum Gasteiger partial charge on any atom is -0.295 e. The van der Waals surface area contributed by atoms with Crippen LogP contribution in [0.4, 0.5) is 0 Å². The first kappa shape index (κ1) is 11.4. The van der Waals surface area contributed by atoms with Gasteiger partial charge in [0.05, 0.1) is 0 Å². The van der Waals surface area contributed by atoms with Crippen molar-refractivity contribution >= 4 is 17.1 Å². The first-order valence-electron chi connectivity index (χ1n) is 6.64. The van der Waals surface area contributed by atoms with Gasteiger partial charge >= 0.3 is 0 Å². The van der Waals surface area contributed by atoms with Crippen LogP contribution < -0.4 is 0 Å². The number of hydrogen-bond acceptors (Lipinski definition) is 2. The summed E-state index contributed by atoms with van der Waals surface area (Å²) >= 11 is 0. The summed E-state index contributed by atoms with van der Waals surface area (Å²) in [7, 11) is 0. The van der Waals surface area contributed by atoms with Gasteiger partial charge in [0.1, 0.15) is 0 Å². The van der Waals surface area contributed by atoms with Crippen LogP contribution in [0.1, 0.15) is 53.6 Å². The van der Waals surface area contributed by atoms with Crippen molar-refractivity contribution in [1.82, 2.24) is 0 Å². The van der Waals surface area contributed by atoms with Crippen LogP contribution in [0, 0.1) is 0 Å². The molecule has 0 saturated heterocycles. The largest absolute Gasteiger partial charge is 0.295 e. The van der Waals surface area contributed by atoms with Gasteiger partial charge in [0.25, 0.3) is 0 Å². The monoisotopic (exact) mass is 240 g/mol. The van der Waals surface area contributed by atoms with E-state index in [0.717, 1.165) is 47.9 Å². The molecule has 1 aromatic rings. The van der Waals surface area contributed by atoms with Crippen molar-refractivity contribution in [3.8, 4) is 0 Å². The lowest BCUT2D eigenvalue weighted by molar-refractivity contribution is -0.114. The molecular weight excluding hydrogens is 224 g/mol. The smallest absolute Gasteiger partial charge is 0.163 e. The normalized spacial score (nSPS) is 19.4. The molecule has 0 amide bonds. The molecule has 2 aliphatic rings. The van der Waals surface area contributed by atoms with E-state index in [2.05, 4.69) is 12.1 Å². The minimum atomic E-state index is 0.209. The Kier molecular flexibility index (Phi) is 2.86. The molecule has 2 nitrogen and oxygen atoms in total. The fourth-order valence-corrected chi connectivity index (χ4v) is 2.85. The summed E-state index contributed by atoms with van der Waals surface area (Å²) in [5, 5.41) is 0. The van der Waals surface area contributed by atoms with E-state index >= 15 is 0 Å². The number of rotatable bonds is 1. The van der Waals surface area contributed by atoms with Gasteiger partial charge in [-0.15, -0.1) is 0 Å². The zero-order valence-electron chi connectivity index (χ0n) is 10.4. The highest BCUT2D eigenvalue weighted by molar-refractivity contribution is 6.01. The van der Waals surface area contributed by atoms with Crippen molar-refractivity contribution in [2.45, 2.75) is 38.5 Å². The van der Waals surface area contributed by atoms with Crippen molar-refractivity contribution < 1.29 is 9.59 Å². The molecule has 2 aliphatic carbocycles. The number of allylic oxidation sites excluding steroid dienone is 2. The molecule has 0 unspecified atom stereocenters. The average molecular weight is 240 g/mol. The highest BCUT2D eigenvalue weighted by atomic mass is 16.1. The SMILES string of the molecule is O=C1C=C(c2ccc3c(c2)C(=O)CCC3)CCC1. The van der Waals surface area contributed by atoms with Gasteiger partial charge in [-0.3, -0.25) is 9.59 Å². The minimum absolute atomic E-state index is 0.209. The van der Waals surface area contributed by atoms with E-state index in [9.17, 15) is 9.59 Å². The van der Waals surface area contributed by atoms with Gasteiger partial charge in [-0.1, -0.05) is 12.1 Å². The van der Waals surface area contributed by atoms with E-state index in [0.29, 0.717) is 12.8 Å². The number of aryl methyl sites for hydroxylation is 1. The number of hydrogen-bond donors (Lipinski definition) is 0. The standard InChI is InChI=1S/C16H16O2/c17-14-5-1-4-12(9-14)13-8-7-11-3-2-6-16(18)15(11)10-13/h7-10H,1-6H2. The summed E-state index contributed by atoms with van der Waals surface area (Å²) < 4.78 is 0. The first-order valence-corrected chi connectivity index (χ1v) is 6.64. The Bertz CT molecular complexity index is 552. The number of fused-ring (bicyclic) bond motifs is 1. The molecule has 0 aromatic heterocycles. The van der Waals surface area contributed by atoms with Crippen LogP contribution in [-0.4, -0.2) is 11.6 Å². The maximum Gasteiger partial charge on any atom is 0.163 e. The van der Waals surface area contributed by atoms with Crippen LogP contribution >= 0.6 is 0 Å². The molecule has 0 heterocycles. The molecule has 0 aliphatic heterocycles. The molecular formula is C16H16O2. The molecule has 0 saturated carbocycles. The fraction of sp³-hybridized carbons (Fsp3) is 0.375. The van der Waals surface area contributed by atoms with Crippen LogP contribution in [0.3, 0.4) is 0 Å². The highest BCUT2D eigenvalue weighted by Gasteiger charge is 2.19. The summed E-state index contributed by atoms with van der Waals surface area (Å²) in [6.07, 6.45) is 6.90. The van der Waals surface area contributed by atoms with Gasteiger partial charge in [0.2, 0.25) is 0 Å². The van der Waals surface area contributed by atoms with Crippen molar-refractivity contribution in [3.05, 3.63) is 41.0 Å². The average Bonchev–Trinajstić information content (AvgIpc) is 2.39. The number of carbonyl (C=O) groups excluding carboxylic acids is 2. The molecule has 0 bridgehead atoms. The predicted octanol–water partition coefficient (Wildman–Crippen LogP) is 3.34. The Balaban J connectivity index is 2.01. The summed E-state index contributed by atoms with van der Waals surface area (Å²) in [5.74, 6) is 0.459. The maximum absolute atomic E-state index is 11.9. The lowest BCUT2D eigenvalue weighted by atomic mass is 9.86. The second-order valence-corrected chi connectivity index (χ2v) is 5.14. The van der Waals surface area contributed by atoms with Crippen LogP contribution in [0.2, 0.25) is 0 Å². The van der Waals surface area contributed by atoms with Gasteiger partial charge in [0.15, 0.2) is 11.6 Å². The Labute approximate surface area is 107 Å². The van der Waals surface area contributed by atoms with E-state index in [1.54, 1.807) is 6.08 Å². The third-order valence-electron chi connectivity index (χ3n) is 3.84. The lowest BCUT2D eigenvalue weighted by Crippen LogP contribution is -2.11. The molecule has 0 fully saturated rings. The van der Waals surface area contributed by atoms with Crippen LogP contribution in [-0.2, 0) is 11.2 Å². The molecule has 0 atom stereocenters. The van der Waals surface area contributed by atoms with Crippen LogP contribution in [0.25, 0.3) is 5.57 Å². The molecule has 18 heavy (non-hydrogen) atoms. The molecule has 0 N–H and O–H groups in total. The third-order valence-corrected chi connectivity index (χ3v) is 3.84. The molecule has 92 valence electrons. The number of ketones is 2. The van der Waals surface area contributed by atoms with Crippen molar-refractivity contribution in [2.24, 2.45) is 0 Å². The van der Waals surface area contributed by atoms with E-state index in [1.165, 1.54) is 0 Å². The van der Waals surface area contributed by atoms with Crippen molar-refractivity contribution in [1.29, 1.82) is 0 Å². The van der Waals surface area contributed by atoms with E-state index in [4.69, 9.17) is 0 Å². The summed E-state index contributed by atoms with van der Waals surface area (Å²) in [4.78, 5) is 23.4. The lowest BCUT2D eigenvalue weighted by Gasteiger charge is -2.18. The van der Waals surface area contributed by atoms with E-state index < -0.39 is 0 Å². The Morgan fingerprint density at radius 1 is 0.889 bits per heavy atom. The van der Waals surface area contributed by atoms with Gasteiger partial charge in [-0.25, -0.2) is 0 Å². The topological polar surface area (TPSA) is 34.1 Å². The summed E-state index contributed by atoms with van der Waals surface area (Å²) in [6, 6.07) is 6.10. The second-order valence-electron chi connectivity index (χ2n) is 5.14. The second kappa shape index (κ2) is 4.52. The number of Topliss-reactive ketones (excluding diaryl/α,β-unsaturated/α-hetero) is 1. The summed E-state index contributed by atoms with van der Waals surface area (Å²) in [5.41, 5.74) is 4.18. The maximum atomic E-state index is 11.9. The fourth-order valence-electron chi connectivity index (χ4n) is 2.85. The Hall–Kier alpha value is -1.70.